The van der Waals surface area contributed by atoms with Gasteiger partial charge in [0.2, 0.25) is 11.8 Å². The maximum atomic E-state index is 12.7. The molecule has 0 aromatic heterocycles. The zero-order valence-corrected chi connectivity index (χ0v) is 16.3. The maximum absolute atomic E-state index is 12.7. The van der Waals surface area contributed by atoms with Crippen molar-refractivity contribution in [3.63, 3.8) is 0 Å². The van der Waals surface area contributed by atoms with E-state index in [9.17, 15) is 22.8 Å². The topological polar surface area (TPSA) is 70.2 Å². The number of halogens is 3. The number of hydrogen-bond acceptors (Lipinski definition) is 4. The highest BCUT2D eigenvalue weighted by Crippen LogP contribution is 2.37. The first-order valence-corrected chi connectivity index (χ1v) is 9.79. The number of hydrogen-bond donors (Lipinski definition) is 3. The van der Waals surface area contributed by atoms with Gasteiger partial charge in [0.05, 0.1) is 18.5 Å². The van der Waals surface area contributed by atoms with E-state index in [1.807, 2.05) is 30.3 Å². The molecule has 2 unspecified atom stereocenters. The zero-order chi connectivity index (χ0) is 21.0. The normalized spacial score (nSPS) is 20.6. The van der Waals surface area contributed by atoms with Crippen molar-refractivity contribution in [2.45, 2.75) is 42.0 Å². The Kier molecular flexibility index (Phi) is 6.49. The summed E-state index contributed by atoms with van der Waals surface area (Å²) in [7, 11) is 0. The third kappa shape index (κ3) is 5.98. The molecule has 0 radical (unpaired) electrons. The number of benzene rings is 2. The second-order valence-electron chi connectivity index (χ2n) is 6.68. The van der Waals surface area contributed by atoms with E-state index in [-0.39, 0.29) is 34.9 Å². The summed E-state index contributed by atoms with van der Waals surface area (Å²) in [6, 6.07) is 13.9. The first-order valence-electron chi connectivity index (χ1n) is 8.98. The molecule has 0 bridgehead atoms. The molecule has 2 aromatic carbocycles. The van der Waals surface area contributed by atoms with Gasteiger partial charge in [-0.2, -0.15) is 13.2 Å². The van der Waals surface area contributed by atoms with Crippen LogP contribution in [0.4, 0.5) is 13.2 Å². The molecule has 0 saturated carbocycles. The van der Waals surface area contributed by atoms with E-state index in [2.05, 4.69) is 16.0 Å². The van der Waals surface area contributed by atoms with E-state index in [1.165, 1.54) is 12.1 Å². The van der Waals surface area contributed by atoms with E-state index in [0.29, 0.717) is 5.56 Å². The lowest BCUT2D eigenvalue weighted by atomic mass is 10.0. The molecule has 3 atom stereocenters. The predicted molar refractivity (Wildman–Crippen MR) is 104 cm³/mol. The van der Waals surface area contributed by atoms with Crippen molar-refractivity contribution in [1.82, 2.24) is 16.0 Å². The SMILES string of the molecule is C[C@@H](NC(=O)C1CC(=O)NC(c2ccccc2)N1)c1ccc(SC(F)(F)F)cc1. The van der Waals surface area contributed by atoms with Crippen LogP contribution in [0.25, 0.3) is 0 Å². The lowest BCUT2D eigenvalue weighted by molar-refractivity contribution is -0.132. The molecule has 154 valence electrons. The molecule has 3 rings (SSSR count). The molecule has 5 nitrogen and oxygen atoms in total. The fourth-order valence-electron chi connectivity index (χ4n) is 3.06. The Bertz CT molecular complexity index is 860. The van der Waals surface area contributed by atoms with E-state index in [0.717, 1.165) is 5.56 Å². The Morgan fingerprint density at radius 2 is 1.79 bits per heavy atom. The third-order valence-corrected chi connectivity index (χ3v) is 5.22. The minimum atomic E-state index is -4.34. The number of nitrogens with one attached hydrogen (secondary N) is 3. The molecule has 2 amide bonds. The maximum Gasteiger partial charge on any atom is 0.446 e. The van der Waals surface area contributed by atoms with Gasteiger partial charge in [0.1, 0.15) is 6.17 Å². The highest BCUT2D eigenvalue weighted by Gasteiger charge is 2.32. The highest BCUT2D eigenvalue weighted by molar-refractivity contribution is 8.00. The molecule has 1 heterocycles. The second kappa shape index (κ2) is 8.87. The Hall–Kier alpha value is -2.52. The highest BCUT2D eigenvalue weighted by atomic mass is 32.2. The Morgan fingerprint density at radius 3 is 2.41 bits per heavy atom. The van der Waals surface area contributed by atoms with Crippen LogP contribution < -0.4 is 16.0 Å². The predicted octanol–water partition coefficient (Wildman–Crippen LogP) is 3.65. The molecular weight excluding hydrogens is 403 g/mol. The van der Waals surface area contributed by atoms with Crippen molar-refractivity contribution < 1.29 is 22.8 Å². The molecule has 0 spiro atoms. The van der Waals surface area contributed by atoms with Gasteiger partial charge in [0, 0.05) is 4.90 Å². The van der Waals surface area contributed by atoms with Gasteiger partial charge >= 0.3 is 5.51 Å². The van der Waals surface area contributed by atoms with Crippen molar-refractivity contribution in [3.8, 4) is 0 Å². The third-order valence-electron chi connectivity index (χ3n) is 4.48. The van der Waals surface area contributed by atoms with Crippen LogP contribution in [0.5, 0.6) is 0 Å². The van der Waals surface area contributed by atoms with Crippen LogP contribution in [-0.2, 0) is 9.59 Å². The van der Waals surface area contributed by atoms with Crippen LogP contribution in [0.1, 0.15) is 36.7 Å². The number of carbonyl (C=O) groups is 2. The van der Waals surface area contributed by atoms with Crippen LogP contribution in [0.2, 0.25) is 0 Å². The molecule has 9 heteroatoms. The molecule has 29 heavy (non-hydrogen) atoms. The summed E-state index contributed by atoms with van der Waals surface area (Å²) in [5.41, 5.74) is -2.84. The summed E-state index contributed by atoms with van der Waals surface area (Å²) in [4.78, 5) is 24.8. The number of rotatable bonds is 5. The average Bonchev–Trinajstić information content (AvgIpc) is 2.67. The average molecular weight is 423 g/mol. The van der Waals surface area contributed by atoms with Gasteiger partial charge in [-0.15, -0.1) is 0 Å². The summed E-state index contributed by atoms with van der Waals surface area (Å²) in [6.45, 7) is 1.74. The smallest absolute Gasteiger partial charge is 0.348 e. The lowest BCUT2D eigenvalue weighted by Gasteiger charge is -2.31. The summed E-state index contributed by atoms with van der Waals surface area (Å²) in [5.74, 6) is -0.582. The molecule has 1 saturated heterocycles. The number of thioether (sulfide) groups is 1. The minimum absolute atomic E-state index is 0.00302. The summed E-state index contributed by atoms with van der Waals surface area (Å²) < 4.78 is 37.3. The quantitative estimate of drug-likeness (QED) is 0.642. The molecule has 1 aliphatic heterocycles. The minimum Gasteiger partial charge on any atom is -0.348 e. The van der Waals surface area contributed by atoms with Crippen LogP contribution in [0.3, 0.4) is 0 Å². The number of carbonyl (C=O) groups excluding carboxylic acids is 2. The van der Waals surface area contributed by atoms with Crippen molar-refractivity contribution in [1.29, 1.82) is 0 Å². The van der Waals surface area contributed by atoms with Crippen molar-refractivity contribution >= 4 is 23.6 Å². The van der Waals surface area contributed by atoms with Crippen LogP contribution in [0, 0.1) is 0 Å². The van der Waals surface area contributed by atoms with Crippen molar-refractivity contribution in [2.24, 2.45) is 0 Å². The van der Waals surface area contributed by atoms with Crippen molar-refractivity contribution in [2.75, 3.05) is 0 Å². The molecular formula is C20H20F3N3O2S. The number of alkyl halides is 3. The number of amides is 2. The first kappa shape index (κ1) is 21.2. The summed E-state index contributed by atoms with van der Waals surface area (Å²) in [6.07, 6.45) is -0.467. The molecule has 1 aliphatic rings. The van der Waals surface area contributed by atoms with Gasteiger partial charge in [-0.3, -0.25) is 14.9 Å². The Labute approximate surface area is 170 Å². The van der Waals surface area contributed by atoms with Gasteiger partial charge in [0.25, 0.3) is 0 Å². The Balaban J connectivity index is 1.62. The van der Waals surface area contributed by atoms with E-state index in [1.54, 1.807) is 19.1 Å². The fourth-order valence-corrected chi connectivity index (χ4v) is 3.60. The van der Waals surface area contributed by atoms with Gasteiger partial charge < -0.3 is 10.6 Å². The van der Waals surface area contributed by atoms with Crippen LogP contribution in [0.15, 0.2) is 59.5 Å². The van der Waals surface area contributed by atoms with E-state index >= 15 is 0 Å². The van der Waals surface area contributed by atoms with Gasteiger partial charge in [0.15, 0.2) is 0 Å². The largest absolute Gasteiger partial charge is 0.446 e. The second-order valence-corrected chi connectivity index (χ2v) is 7.82. The summed E-state index contributed by atoms with van der Waals surface area (Å²) >= 11 is -0.186. The zero-order valence-electron chi connectivity index (χ0n) is 15.5. The van der Waals surface area contributed by atoms with Gasteiger partial charge in [-0.25, -0.2) is 0 Å². The van der Waals surface area contributed by atoms with Crippen LogP contribution >= 0.6 is 11.8 Å². The van der Waals surface area contributed by atoms with E-state index in [4.69, 9.17) is 0 Å². The lowest BCUT2D eigenvalue weighted by Crippen LogP contribution is -2.56. The molecule has 3 N–H and O–H groups in total. The first-order chi connectivity index (χ1) is 13.7. The molecule has 2 aromatic rings. The summed E-state index contributed by atoms with van der Waals surface area (Å²) in [5, 5.41) is 8.74. The van der Waals surface area contributed by atoms with Crippen molar-refractivity contribution in [3.05, 3.63) is 65.7 Å². The fraction of sp³-hybridized carbons (Fsp3) is 0.300. The monoisotopic (exact) mass is 423 g/mol. The standard InChI is InChI=1S/C20H20F3N3O2S/c1-12(13-7-9-15(10-8-13)29-20(21,22)23)24-19(28)16-11-17(27)26-18(25-16)14-5-3-2-4-6-14/h2-10,12,16,18,25H,11H2,1H3,(H,24,28)(H,26,27)/t12-,16?,18?/m1/s1. The van der Waals surface area contributed by atoms with Gasteiger partial charge in [-0.05, 0) is 41.9 Å². The Morgan fingerprint density at radius 1 is 1.14 bits per heavy atom. The molecule has 0 aliphatic carbocycles. The van der Waals surface area contributed by atoms with Crippen LogP contribution in [-0.4, -0.2) is 23.4 Å². The van der Waals surface area contributed by atoms with Gasteiger partial charge in [-0.1, -0.05) is 42.5 Å². The molecule has 1 fully saturated rings. The van der Waals surface area contributed by atoms with E-state index < -0.39 is 23.8 Å².